The summed E-state index contributed by atoms with van der Waals surface area (Å²) in [5.41, 5.74) is 0.0734. The van der Waals surface area contributed by atoms with Crippen LogP contribution in [0.25, 0.3) is 10.6 Å². The molecule has 4 nitrogen and oxygen atoms in total. The van der Waals surface area contributed by atoms with Crippen LogP contribution in [0.2, 0.25) is 5.15 Å². The summed E-state index contributed by atoms with van der Waals surface area (Å²) in [4.78, 5) is 22.9. The summed E-state index contributed by atoms with van der Waals surface area (Å²) in [6, 6.07) is 3.72. The smallest absolute Gasteiger partial charge is 0.236 e. The van der Waals surface area contributed by atoms with Crippen LogP contribution < -0.4 is 4.90 Å². The predicted molar refractivity (Wildman–Crippen MR) is 95.5 cm³/mol. The van der Waals surface area contributed by atoms with Crippen molar-refractivity contribution in [2.24, 2.45) is 5.41 Å². The highest BCUT2D eigenvalue weighted by atomic mass is 35.5. The molecule has 0 radical (unpaired) electrons. The number of pyridine rings is 1. The van der Waals surface area contributed by atoms with E-state index in [0.29, 0.717) is 28.1 Å². The Balaban J connectivity index is 1.94. The maximum atomic E-state index is 12.8. The SMILES string of the molecule is CCN(C(=O)C1(C)CC1(Cl)Cl)c1sc(-c2cccnc2)nc1Cl. The molecule has 0 aromatic carbocycles. The van der Waals surface area contributed by atoms with E-state index in [1.807, 2.05) is 19.1 Å². The number of nitrogens with zero attached hydrogens (tertiary/aromatic N) is 3. The van der Waals surface area contributed by atoms with Crippen LogP contribution in [0.4, 0.5) is 5.00 Å². The zero-order valence-electron chi connectivity index (χ0n) is 12.5. The van der Waals surface area contributed by atoms with Crippen molar-refractivity contribution in [3.63, 3.8) is 0 Å². The van der Waals surface area contributed by atoms with Crippen LogP contribution in [0.1, 0.15) is 20.3 Å². The van der Waals surface area contributed by atoms with E-state index < -0.39 is 9.75 Å². The van der Waals surface area contributed by atoms with Crippen molar-refractivity contribution in [2.75, 3.05) is 11.4 Å². The molecule has 0 spiro atoms. The van der Waals surface area contributed by atoms with Crippen LogP contribution >= 0.6 is 46.1 Å². The molecule has 0 bridgehead atoms. The average Bonchev–Trinajstić information content (AvgIpc) is 2.86. The van der Waals surface area contributed by atoms with Gasteiger partial charge in [-0.15, -0.1) is 23.2 Å². The Hall–Kier alpha value is -0.880. The number of hydrogen-bond donors (Lipinski definition) is 0. The maximum Gasteiger partial charge on any atom is 0.236 e. The Kier molecular flexibility index (Phi) is 4.34. The van der Waals surface area contributed by atoms with E-state index >= 15 is 0 Å². The Morgan fingerprint density at radius 3 is 2.70 bits per heavy atom. The van der Waals surface area contributed by atoms with Crippen molar-refractivity contribution in [3.05, 3.63) is 29.7 Å². The molecule has 8 heteroatoms. The minimum Gasteiger partial charge on any atom is -0.301 e. The molecule has 1 atom stereocenters. The number of carbonyl (C=O) groups excluding carboxylic acids is 1. The van der Waals surface area contributed by atoms with Gasteiger partial charge in [0.05, 0.1) is 5.41 Å². The quantitative estimate of drug-likeness (QED) is 0.705. The topological polar surface area (TPSA) is 46.1 Å². The van der Waals surface area contributed by atoms with Crippen LogP contribution in [0.3, 0.4) is 0 Å². The number of aromatic nitrogens is 2. The fourth-order valence-corrected chi connectivity index (χ4v) is 4.44. The zero-order chi connectivity index (χ0) is 16.8. The van der Waals surface area contributed by atoms with Gasteiger partial charge >= 0.3 is 0 Å². The number of hydrogen-bond acceptors (Lipinski definition) is 4. The first-order chi connectivity index (χ1) is 10.8. The molecule has 1 saturated carbocycles. The Morgan fingerprint density at radius 1 is 1.48 bits per heavy atom. The van der Waals surface area contributed by atoms with Gasteiger partial charge in [-0.2, -0.15) is 0 Å². The molecule has 1 amide bonds. The summed E-state index contributed by atoms with van der Waals surface area (Å²) in [7, 11) is 0. The maximum absolute atomic E-state index is 12.8. The fourth-order valence-electron chi connectivity index (χ4n) is 2.38. The average molecular weight is 391 g/mol. The third-order valence-corrected chi connectivity index (χ3v) is 6.62. The largest absolute Gasteiger partial charge is 0.301 e. The van der Waals surface area contributed by atoms with Crippen molar-refractivity contribution in [2.45, 2.75) is 24.6 Å². The number of amides is 1. The predicted octanol–water partition coefficient (Wildman–Crippen LogP) is 4.80. The summed E-state index contributed by atoms with van der Waals surface area (Å²) < 4.78 is -1.01. The van der Waals surface area contributed by atoms with Crippen LogP contribution in [-0.2, 0) is 4.79 Å². The minimum atomic E-state index is -1.01. The highest BCUT2D eigenvalue weighted by Crippen LogP contribution is 2.64. The van der Waals surface area contributed by atoms with Crippen LogP contribution in [0.5, 0.6) is 0 Å². The molecular weight excluding hydrogens is 377 g/mol. The first-order valence-corrected chi connectivity index (χ1v) is 9.01. The summed E-state index contributed by atoms with van der Waals surface area (Å²) in [5.74, 6) is -0.131. The van der Waals surface area contributed by atoms with E-state index in [-0.39, 0.29) is 5.91 Å². The molecule has 2 heterocycles. The molecule has 0 aliphatic heterocycles. The minimum absolute atomic E-state index is 0.131. The summed E-state index contributed by atoms with van der Waals surface area (Å²) in [5, 5.41) is 1.62. The normalized spacial score (nSPS) is 22.0. The lowest BCUT2D eigenvalue weighted by molar-refractivity contribution is -0.123. The molecule has 122 valence electrons. The van der Waals surface area contributed by atoms with Gasteiger partial charge in [-0.3, -0.25) is 9.78 Å². The Morgan fingerprint density at radius 2 is 2.17 bits per heavy atom. The summed E-state index contributed by atoms with van der Waals surface area (Å²) in [6.45, 7) is 4.12. The number of halogens is 3. The molecule has 1 unspecified atom stereocenters. The van der Waals surface area contributed by atoms with E-state index in [1.165, 1.54) is 11.3 Å². The Bertz CT molecular complexity index is 750. The van der Waals surface area contributed by atoms with Crippen LogP contribution in [0, 0.1) is 5.41 Å². The van der Waals surface area contributed by atoms with Gasteiger partial charge in [-0.05, 0) is 32.4 Å². The second-order valence-electron chi connectivity index (χ2n) is 5.62. The van der Waals surface area contributed by atoms with Crippen molar-refractivity contribution in [1.29, 1.82) is 0 Å². The van der Waals surface area contributed by atoms with Crippen LogP contribution in [-0.4, -0.2) is 26.8 Å². The van der Waals surface area contributed by atoms with Crippen molar-refractivity contribution < 1.29 is 4.79 Å². The molecule has 2 aromatic heterocycles. The number of rotatable bonds is 4. The van der Waals surface area contributed by atoms with Crippen molar-refractivity contribution in [3.8, 4) is 10.6 Å². The fraction of sp³-hybridized carbons (Fsp3) is 0.400. The summed E-state index contributed by atoms with van der Waals surface area (Å²) >= 11 is 19.9. The lowest BCUT2D eigenvalue weighted by Gasteiger charge is -2.23. The van der Waals surface area contributed by atoms with E-state index in [2.05, 4.69) is 9.97 Å². The molecule has 1 fully saturated rings. The molecule has 1 aliphatic carbocycles. The standard InChI is InChI=1S/C15H14Cl3N3OS/c1-3-21(13(22)14(2)8-15(14,17)18)12-10(16)20-11(23-12)9-5-4-6-19-7-9/h4-7H,3,8H2,1-2H3. The van der Waals surface area contributed by atoms with Gasteiger partial charge < -0.3 is 4.90 Å². The molecule has 1 aliphatic rings. The van der Waals surface area contributed by atoms with Gasteiger partial charge in [0.2, 0.25) is 5.91 Å². The number of anilines is 1. The number of carbonyl (C=O) groups is 1. The second-order valence-corrected chi connectivity index (χ2v) is 8.44. The summed E-state index contributed by atoms with van der Waals surface area (Å²) in [6.07, 6.45) is 3.84. The van der Waals surface area contributed by atoms with Gasteiger partial charge in [-0.1, -0.05) is 22.9 Å². The molecular formula is C15H14Cl3N3OS. The molecule has 2 aromatic rings. The highest BCUT2D eigenvalue weighted by molar-refractivity contribution is 7.19. The highest BCUT2D eigenvalue weighted by Gasteiger charge is 2.69. The molecule has 0 N–H and O–H groups in total. The zero-order valence-corrected chi connectivity index (χ0v) is 15.6. The first kappa shape index (κ1) is 17.0. The second kappa shape index (κ2) is 5.88. The first-order valence-electron chi connectivity index (χ1n) is 7.06. The van der Waals surface area contributed by atoms with E-state index in [9.17, 15) is 4.79 Å². The lowest BCUT2D eigenvalue weighted by atomic mass is 10.1. The molecule has 3 rings (SSSR count). The molecule has 23 heavy (non-hydrogen) atoms. The van der Waals surface area contributed by atoms with Gasteiger partial charge in [0.15, 0.2) is 5.15 Å². The number of alkyl halides is 2. The monoisotopic (exact) mass is 389 g/mol. The van der Waals surface area contributed by atoms with E-state index in [4.69, 9.17) is 34.8 Å². The van der Waals surface area contributed by atoms with Crippen molar-refractivity contribution in [1.82, 2.24) is 9.97 Å². The van der Waals surface area contributed by atoms with Gasteiger partial charge in [0.25, 0.3) is 0 Å². The van der Waals surface area contributed by atoms with Gasteiger partial charge in [-0.25, -0.2) is 4.98 Å². The lowest BCUT2D eigenvalue weighted by Crippen LogP contribution is -2.37. The van der Waals surface area contributed by atoms with E-state index in [0.717, 1.165) is 5.56 Å². The number of thiazole rings is 1. The third-order valence-electron chi connectivity index (χ3n) is 4.01. The Labute approximate surface area is 153 Å². The van der Waals surface area contributed by atoms with Crippen molar-refractivity contribution >= 4 is 57.0 Å². The van der Waals surface area contributed by atoms with E-state index in [1.54, 1.807) is 24.2 Å². The molecule has 0 saturated heterocycles. The van der Waals surface area contributed by atoms with Gasteiger partial charge in [0.1, 0.15) is 14.3 Å². The van der Waals surface area contributed by atoms with Gasteiger partial charge in [0, 0.05) is 24.5 Å². The third kappa shape index (κ3) is 2.84. The van der Waals surface area contributed by atoms with Crippen LogP contribution in [0.15, 0.2) is 24.5 Å².